The molecule has 1 aliphatic carbocycles. The highest BCUT2D eigenvalue weighted by Crippen LogP contribution is 2.33. The predicted molar refractivity (Wildman–Crippen MR) is 51.4 cm³/mol. The monoisotopic (exact) mass is 186 g/mol. The van der Waals surface area contributed by atoms with Crippen LogP contribution in [0.15, 0.2) is 11.6 Å². The Morgan fingerprint density at radius 1 is 1.58 bits per heavy atom. The van der Waals surface area contributed by atoms with Gasteiger partial charge in [-0.3, -0.25) is 4.79 Å². The first kappa shape index (κ1) is 9.79. The van der Waals surface area contributed by atoms with Crippen molar-refractivity contribution in [2.75, 3.05) is 0 Å². The first-order valence-electron chi connectivity index (χ1n) is 4.31. The second-order valence-electron chi connectivity index (χ2n) is 4.05. The molecule has 0 aliphatic heterocycles. The third-order valence-electron chi connectivity index (χ3n) is 2.39. The molecule has 1 atom stereocenters. The summed E-state index contributed by atoms with van der Waals surface area (Å²) >= 11 is 6.10. The van der Waals surface area contributed by atoms with Gasteiger partial charge in [0.1, 0.15) is 0 Å². The van der Waals surface area contributed by atoms with E-state index in [1.165, 1.54) is 5.57 Å². The molecule has 0 aromatic carbocycles. The molecule has 68 valence electrons. The summed E-state index contributed by atoms with van der Waals surface area (Å²) in [5.74, 6) is 0.196. The van der Waals surface area contributed by atoms with E-state index in [9.17, 15) is 4.79 Å². The Hall–Kier alpha value is -0.300. The average molecular weight is 187 g/mol. The molecule has 0 saturated carbocycles. The van der Waals surface area contributed by atoms with Gasteiger partial charge in [0.15, 0.2) is 5.78 Å². The van der Waals surface area contributed by atoms with Crippen molar-refractivity contribution < 1.29 is 4.79 Å². The van der Waals surface area contributed by atoms with Crippen molar-refractivity contribution in [3.63, 3.8) is 0 Å². The maximum Gasteiger partial charge on any atom is 0.160 e. The van der Waals surface area contributed by atoms with Crippen LogP contribution in [-0.4, -0.2) is 10.7 Å². The lowest BCUT2D eigenvalue weighted by molar-refractivity contribution is -0.119. The molecule has 0 fully saturated rings. The average Bonchev–Trinajstić information content (AvgIpc) is 1.83. The summed E-state index contributed by atoms with van der Waals surface area (Å²) in [5, 5.41) is 0. The van der Waals surface area contributed by atoms with Gasteiger partial charge in [-0.05, 0) is 39.7 Å². The Labute approximate surface area is 78.8 Å². The minimum Gasteiger partial charge on any atom is -0.294 e. The number of ketones is 1. The normalized spacial score (nSPS) is 25.5. The van der Waals surface area contributed by atoms with E-state index in [2.05, 4.69) is 0 Å². The van der Waals surface area contributed by atoms with Gasteiger partial charge in [0, 0.05) is 10.8 Å². The van der Waals surface area contributed by atoms with Gasteiger partial charge in [0.25, 0.3) is 0 Å². The molecule has 2 heteroatoms. The molecular formula is C10H15ClO. The zero-order valence-corrected chi connectivity index (χ0v) is 8.61. The van der Waals surface area contributed by atoms with Gasteiger partial charge in [-0.1, -0.05) is 5.57 Å². The Morgan fingerprint density at radius 2 is 2.17 bits per heavy atom. The van der Waals surface area contributed by atoms with E-state index in [0.717, 1.165) is 12.8 Å². The lowest BCUT2D eigenvalue weighted by Gasteiger charge is -2.29. The molecule has 0 amide bonds. The van der Waals surface area contributed by atoms with E-state index in [-0.39, 0.29) is 11.7 Å². The maximum atomic E-state index is 11.5. The van der Waals surface area contributed by atoms with Crippen LogP contribution in [0.1, 0.15) is 33.6 Å². The van der Waals surface area contributed by atoms with Gasteiger partial charge in [0.05, 0.1) is 0 Å². The molecule has 0 saturated heterocycles. The van der Waals surface area contributed by atoms with Crippen molar-refractivity contribution in [1.29, 1.82) is 0 Å². The molecule has 1 aliphatic rings. The minimum atomic E-state index is -0.395. The van der Waals surface area contributed by atoms with Crippen molar-refractivity contribution in [3.05, 3.63) is 11.6 Å². The van der Waals surface area contributed by atoms with E-state index < -0.39 is 4.87 Å². The summed E-state index contributed by atoms with van der Waals surface area (Å²) in [6, 6.07) is 0. The zero-order valence-electron chi connectivity index (χ0n) is 7.86. The van der Waals surface area contributed by atoms with Gasteiger partial charge in [-0.2, -0.15) is 0 Å². The zero-order chi connectivity index (χ0) is 9.35. The van der Waals surface area contributed by atoms with Crippen molar-refractivity contribution in [2.24, 2.45) is 5.92 Å². The molecule has 12 heavy (non-hydrogen) atoms. The van der Waals surface area contributed by atoms with Crippen LogP contribution in [0.4, 0.5) is 0 Å². The summed E-state index contributed by atoms with van der Waals surface area (Å²) in [5.41, 5.74) is 1.18. The number of hydrogen-bond acceptors (Lipinski definition) is 1. The van der Waals surface area contributed by atoms with Crippen molar-refractivity contribution in [2.45, 2.75) is 38.5 Å². The largest absolute Gasteiger partial charge is 0.294 e. The number of rotatable bonds is 1. The Morgan fingerprint density at radius 3 is 2.58 bits per heavy atom. The number of carbonyl (C=O) groups excluding carboxylic acids is 1. The number of allylic oxidation sites excluding steroid dienone is 2. The fraction of sp³-hybridized carbons (Fsp3) is 0.700. The molecule has 1 rings (SSSR count). The van der Waals surface area contributed by atoms with Gasteiger partial charge in [-0.15, -0.1) is 11.6 Å². The van der Waals surface area contributed by atoms with Crippen LogP contribution in [0.5, 0.6) is 0 Å². The highest BCUT2D eigenvalue weighted by molar-refractivity contribution is 6.25. The molecule has 0 aromatic rings. The van der Waals surface area contributed by atoms with Gasteiger partial charge in [-0.25, -0.2) is 0 Å². The van der Waals surface area contributed by atoms with Crippen LogP contribution in [-0.2, 0) is 4.79 Å². The Kier molecular flexibility index (Phi) is 2.62. The lowest BCUT2D eigenvalue weighted by Crippen LogP contribution is -2.33. The molecule has 0 radical (unpaired) electrons. The van der Waals surface area contributed by atoms with E-state index in [0.29, 0.717) is 0 Å². The van der Waals surface area contributed by atoms with Crippen LogP contribution in [0.2, 0.25) is 0 Å². The second-order valence-corrected chi connectivity index (χ2v) is 5.02. The SMILES string of the molecule is CC1=CC(=O)C(C(C)(C)Cl)CC1. The van der Waals surface area contributed by atoms with Crippen LogP contribution in [0, 0.1) is 5.92 Å². The van der Waals surface area contributed by atoms with Crippen molar-refractivity contribution in [3.8, 4) is 0 Å². The van der Waals surface area contributed by atoms with Gasteiger partial charge >= 0.3 is 0 Å². The standard InChI is InChI=1S/C10H15ClO/c1-7-4-5-8(9(12)6-7)10(2,3)11/h6,8H,4-5H2,1-3H3. The summed E-state index contributed by atoms with van der Waals surface area (Å²) < 4.78 is 0. The predicted octanol–water partition coefficient (Wildman–Crippen LogP) is 2.93. The summed E-state index contributed by atoms with van der Waals surface area (Å²) in [4.78, 5) is 11.1. The fourth-order valence-electron chi connectivity index (χ4n) is 1.61. The third kappa shape index (κ3) is 2.10. The highest BCUT2D eigenvalue weighted by atomic mass is 35.5. The number of hydrogen-bond donors (Lipinski definition) is 0. The second kappa shape index (κ2) is 3.21. The molecule has 0 spiro atoms. The maximum absolute atomic E-state index is 11.5. The number of carbonyl (C=O) groups is 1. The molecule has 0 N–H and O–H groups in total. The van der Waals surface area contributed by atoms with Gasteiger partial charge < -0.3 is 0 Å². The minimum absolute atomic E-state index is 0.00265. The van der Waals surface area contributed by atoms with E-state index in [1.54, 1.807) is 6.08 Å². The smallest absolute Gasteiger partial charge is 0.160 e. The molecule has 0 aromatic heterocycles. The molecular weight excluding hydrogens is 172 g/mol. The van der Waals surface area contributed by atoms with Crippen LogP contribution < -0.4 is 0 Å². The molecule has 1 nitrogen and oxygen atoms in total. The van der Waals surface area contributed by atoms with Crippen molar-refractivity contribution in [1.82, 2.24) is 0 Å². The lowest BCUT2D eigenvalue weighted by atomic mass is 9.81. The third-order valence-corrected chi connectivity index (χ3v) is 2.65. The summed E-state index contributed by atoms with van der Waals surface area (Å²) in [6.45, 7) is 5.81. The van der Waals surface area contributed by atoms with E-state index in [4.69, 9.17) is 11.6 Å². The first-order chi connectivity index (χ1) is 5.41. The van der Waals surface area contributed by atoms with E-state index in [1.807, 2.05) is 20.8 Å². The fourth-order valence-corrected chi connectivity index (χ4v) is 1.83. The van der Waals surface area contributed by atoms with Crippen LogP contribution >= 0.6 is 11.6 Å². The Bertz CT molecular complexity index is 222. The van der Waals surface area contributed by atoms with Gasteiger partial charge in [0.2, 0.25) is 0 Å². The van der Waals surface area contributed by atoms with Crippen molar-refractivity contribution >= 4 is 17.4 Å². The molecule has 0 bridgehead atoms. The van der Waals surface area contributed by atoms with Crippen LogP contribution in [0.25, 0.3) is 0 Å². The quantitative estimate of drug-likeness (QED) is 0.576. The summed E-state index contributed by atoms with van der Waals surface area (Å²) in [7, 11) is 0. The summed E-state index contributed by atoms with van der Waals surface area (Å²) in [6.07, 6.45) is 3.64. The first-order valence-corrected chi connectivity index (χ1v) is 4.69. The number of halogens is 1. The Balaban J connectivity index is 2.79. The van der Waals surface area contributed by atoms with Crippen LogP contribution in [0.3, 0.4) is 0 Å². The number of alkyl halides is 1. The van der Waals surface area contributed by atoms with E-state index >= 15 is 0 Å². The molecule has 0 heterocycles. The topological polar surface area (TPSA) is 17.1 Å². The molecule has 1 unspecified atom stereocenters. The highest BCUT2D eigenvalue weighted by Gasteiger charge is 2.33.